The smallest absolute Gasteiger partial charge is 0.261 e. The summed E-state index contributed by atoms with van der Waals surface area (Å²) < 4.78 is 6.12. The molecular formula is C33H42N2O3. The molecule has 3 rings (SSSR count). The summed E-state index contributed by atoms with van der Waals surface area (Å²) in [6.07, 6.45) is 1.22. The molecule has 0 fully saturated rings. The average molecular weight is 515 g/mol. The number of amides is 2. The highest BCUT2D eigenvalue weighted by Crippen LogP contribution is 2.31. The number of hydrogen-bond acceptors (Lipinski definition) is 3. The number of carbonyl (C=O) groups excluding carboxylic acids is 2. The Labute approximate surface area is 228 Å². The van der Waals surface area contributed by atoms with Gasteiger partial charge in [-0.25, -0.2) is 0 Å². The van der Waals surface area contributed by atoms with Crippen molar-refractivity contribution >= 4 is 11.8 Å². The quantitative estimate of drug-likeness (QED) is 0.330. The van der Waals surface area contributed by atoms with Gasteiger partial charge in [-0.2, -0.15) is 0 Å². The van der Waals surface area contributed by atoms with Crippen LogP contribution >= 0.6 is 0 Å². The zero-order valence-electron chi connectivity index (χ0n) is 23.7. The molecule has 0 saturated carbocycles. The van der Waals surface area contributed by atoms with Gasteiger partial charge in [0, 0.05) is 19.0 Å². The third kappa shape index (κ3) is 8.20. The van der Waals surface area contributed by atoms with Crippen LogP contribution in [-0.2, 0) is 28.0 Å². The highest BCUT2D eigenvalue weighted by Gasteiger charge is 2.31. The van der Waals surface area contributed by atoms with Crippen LogP contribution in [0.1, 0.15) is 63.3 Å². The van der Waals surface area contributed by atoms with Crippen LogP contribution in [0.4, 0.5) is 0 Å². The SMILES string of the molecule is CC[C@H](C)NC(=O)[C@H](Cc1ccccc1)N(Cc1ccc(C)cc1)C(=O)COc1ccccc1C(C)(C)C. The summed E-state index contributed by atoms with van der Waals surface area (Å²) in [4.78, 5) is 29.2. The molecule has 0 aromatic heterocycles. The lowest BCUT2D eigenvalue weighted by Crippen LogP contribution is -2.53. The molecule has 0 aliphatic heterocycles. The Morgan fingerprint density at radius 1 is 0.895 bits per heavy atom. The zero-order chi connectivity index (χ0) is 27.7. The van der Waals surface area contributed by atoms with E-state index in [1.54, 1.807) is 4.90 Å². The fraction of sp³-hybridized carbons (Fsp3) is 0.394. The van der Waals surface area contributed by atoms with E-state index >= 15 is 0 Å². The lowest BCUT2D eigenvalue weighted by Gasteiger charge is -2.32. The van der Waals surface area contributed by atoms with Gasteiger partial charge in [0.05, 0.1) is 0 Å². The molecular weight excluding hydrogens is 472 g/mol. The van der Waals surface area contributed by atoms with Crippen LogP contribution in [-0.4, -0.2) is 35.4 Å². The molecule has 2 amide bonds. The standard InChI is InChI=1S/C33H42N2O3/c1-7-25(3)34-32(37)29(21-26-13-9-8-10-14-26)35(22-27-19-17-24(2)18-20-27)31(36)23-38-30-16-12-11-15-28(30)33(4,5)6/h8-20,25,29H,7,21-23H2,1-6H3,(H,34,37)/t25-,29-/m0/s1. The van der Waals surface area contributed by atoms with Crippen molar-refractivity contribution in [1.82, 2.24) is 10.2 Å². The Hall–Kier alpha value is -3.60. The molecule has 2 atom stereocenters. The van der Waals surface area contributed by atoms with Crippen molar-refractivity contribution in [2.24, 2.45) is 0 Å². The number of rotatable bonds is 11. The molecule has 5 nitrogen and oxygen atoms in total. The summed E-state index contributed by atoms with van der Waals surface area (Å²) in [5.74, 6) is 0.306. The third-order valence-corrected chi connectivity index (χ3v) is 6.79. The molecule has 0 heterocycles. The van der Waals surface area contributed by atoms with Crippen LogP contribution in [0, 0.1) is 6.92 Å². The second kappa shape index (κ2) is 13.3. The van der Waals surface area contributed by atoms with E-state index in [-0.39, 0.29) is 29.9 Å². The van der Waals surface area contributed by atoms with Crippen LogP contribution < -0.4 is 10.1 Å². The van der Waals surface area contributed by atoms with Crippen molar-refractivity contribution in [3.8, 4) is 5.75 Å². The monoisotopic (exact) mass is 514 g/mol. The molecule has 0 spiro atoms. The van der Waals surface area contributed by atoms with E-state index in [4.69, 9.17) is 4.74 Å². The summed E-state index contributed by atoms with van der Waals surface area (Å²) in [6.45, 7) is 12.6. The van der Waals surface area contributed by atoms with Gasteiger partial charge >= 0.3 is 0 Å². The number of aryl methyl sites for hydroxylation is 1. The van der Waals surface area contributed by atoms with Crippen LogP contribution in [0.3, 0.4) is 0 Å². The number of para-hydroxylation sites is 1. The first kappa shape index (κ1) is 29.0. The Balaban J connectivity index is 1.94. The van der Waals surface area contributed by atoms with Crippen LogP contribution in [0.5, 0.6) is 5.75 Å². The maximum atomic E-state index is 13.9. The highest BCUT2D eigenvalue weighted by molar-refractivity contribution is 5.88. The molecule has 38 heavy (non-hydrogen) atoms. The Kier molecular flexibility index (Phi) is 10.1. The molecule has 0 unspecified atom stereocenters. The predicted molar refractivity (Wildman–Crippen MR) is 154 cm³/mol. The Morgan fingerprint density at radius 2 is 1.53 bits per heavy atom. The zero-order valence-corrected chi connectivity index (χ0v) is 23.7. The molecule has 3 aromatic rings. The van der Waals surface area contributed by atoms with Gasteiger partial charge in [-0.05, 0) is 48.4 Å². The highest BCUT2D eigenvalue weighted by atomic mass is 16.5. The molecule has 202 valence electrons. The lowest BCUT2D eigenvalue weighted by atomic mass is 9.86. The van der Waals surface area contributed by atoms with E-state index < -0.39 is 6.04 Å². The Morgan fingerprint density at radius 3 is 2.16 bits per heavy atom. The van der Waals surface area contributed by atoms with Gasteiger partial charge in [0.15, 0.2) is 6.61 Å². The lowest BCUT2D eigenvalue weighted by molar-refractivity contribution is -0.143. The van der Waals surface area contributed by atoms with Gasteiger partial charge < -0.3 is 15.0 Å². The number of hydrogen-bond donors (Lipinski definition) is 1. The van der Waals surface area contributed by atoms with Gasteiger partial charge in [-0.15, -0.1) is 0 Å². The van der Waals surface area contributed by atoms with Gasteiger partial charge in [-0.3, -0.25) is 9.59 Å². The first-order chi connectivity index (χ1) is 18.1. The molecule has 0 aliphatic rings. The van der Waals surface area contributed by atoms with Crippen molar-refractivity contribution in [1.29, 1.82) is 0 Å². The first-order valence-electron chi connectivity index (χ1n) is 13.5. The first-order valence-corrected chi connectivity index (χ1v) is 13.5. The van der Waals surface area contributed by atoms with E-state index in [0.717, 1.165) is 28.7 Å². The van der Waals surface area contributed by atoms with Crippen molar-refractivity contribution in [2.75, 3.05) is 6.61 Å². The maximum absolute atomic E-state index is 13.9. The van der Waals surface area contributed by atoms with Crippen molar-refractivity contribution in [3.63, 3.8) is 0 Å². The number of nitrogens with zero attached hydrogens (tertiary/aromatic N) is 1. The molecule has 3 aromatic carbocycles. The fourth-order valence-corrected chi connectivity index (χ4v) is 4.32. The van der Waals surface area contributed by atoms with E-state index in [9.17, 15) is 9.59 Å². The van der Waals surface area contributed by atoms with Crippen LogP contribution in [0.25, 0.3) is 0 Å². The van der Waals surface area contributed by atoms with E-state index in [0.29, 0.717) is 18.7 Å². The molecule has 0 bridgehead atoms. The van der Waals surface area contributed by atoms with Gasteiger partial charge in [0.25, 0.3) is 5.91 Å². The average Bonchev–Trinajstić information content (AvgIpc) is 2.90. The number of nitrogens with one attached hydrogen (secondary N) is 1. The summed E-state index contributed by atoms with van der Waals surface area (Å²) in [6, 6.07) is 25.1. The van der Waals surface area contributed by atoms with E-state index in [1.165, 1.54) is 0 Å². The minimum absolute atomic E-state index is 0.00649. The number of ether oxygens (including phenoxy) is 1. The third-order valence-electron chi connectivity index (χ3n) is 6.79. The van der Waals surface area contributed by atoms with Crippen LogP contribution in [0.15, 0.2) is 78.9 Å². The summed E-state index contributed by atoms with van der Waals surface area (Å²) >= 11 is 0. The van der Waals surface area contributed by atoms with Crippen molar-refractivity contribution in [2.45, 2.75) is 78.4 Å². The topological polar surface area (TPSA) is 58.6 Å². The van der Waals surface area contributed by atoms with Gasteiger partial charge in [0.1, 0.15) is 11.8 Å². The molecule has 1 N–H and O–H groups in total. The fourth-order valence-electron chi connectivity index (χ4n) is 4.32. The van der Waals surface area contributed by atoms with Crippen molar-refractivity contribution in [3.05, 3.63) is 101 Å². The second-order valence-electron chi connectivity index (χ2n) is 11.1. The van der Waals surface area contributed by atoms with E-state index in [1.807, 2.05) is 99.6 Å². The summed E-state index contributed by atoms with van der Waals surface area (Å²) in [7, 11) is 0. The van der Waals surface area contributed by atoms with Gasteiger partial charge in [0.2, 0.25) is 5.91 Å². The predicted octanol–water partition coefficient (Wildman–Crippen LogP) is 6.23. The van der Waals surface area contributed by atoms with E-state index in [2.05, 4.69) is 26.1 Å². The summed E-state index contributed by atoms with van der Waals surface area (Å²) in [5, 5.41) is 3.11. The molecule has 0 saturated heterocycles. The molecule has 0 radical (unpaired) electrons. The number of carbonyl (C=O) groups is 2. The largest absolute Gasteiger partial charge is 0.483 e. The molecule has 5 heteroatoms. The second-order valence-corrected chi connectivity index (χ2v) is 11.1. The maximum Gasteiger partial charge on any atom is 0.261 e. The van der Waals surface area contributed by atoms with Crippen molar-refractivity contribution < 1.29 is 14.3 Å². The number of benzene rings is 3. The molecule has 0 aliphatic carbocycles. The van der Waals surface area contributed by atoms with Crippen LogP contribution in [0.2, 0.25) is 0 Å². The minimum atomic E-state index is -0.679. The summed E-state index contributed by atoms with van der Waals surface area (Å²) in [5.41, 5.74) is 4.01. The Bertz CT molecular complexity index is 1180. The normalized spacial score (nSPS) is 12.9. The minimum Gasteiger partial charge on any atom is -0.483 e. The van der Waals surface area contributed by atoms with Gasteiger partial charge in [-0.1, -0.05) is 106 Å².